The van der Waals surface area contributed by atoms with Gasteiger partial charge in [0.2, 0.25) is 0 Å². The van der Waals surface area contributed by atoms with Crippen molar-refractivity contribution in [2.75, 3.05) is 27.6 Å². The van der Waals surface area contributed by atoms with E-state index in [1.165, 1.54) is 67.2 Å². The first-order valence-electron chi connectivity index (χ1n) is 12.1. The molecular formula is C27H52BF4NO8. The summed E-state index contributed by atoms with van der Waals surface area (Å²) >= 11 is 0. The van der Waals surface area contributed by atoms with Gasteiger partial charge in [0, 0.05) is 41.5 Å². The number of hydrogen-bond donors (Lipinski definition) is 0. The first kappa shape index (κ1) is 57.9. The van der Waals surface area contributed by atoms with E-state index in [1.54, 1.807) is 14.1 Å². The largest absolute Gasteiger partial charge is 0.302 e. The van der Waals surface area contributed by atoms with Crippen LogP contribution in [0.15, 0.2) is 0 Å². The number of Topliss-reactive ketones (excluding diaryl/α,β-unsaturated/α-hetero) is 8. The van der Waals surface area contributed by atoms with Crippen LogP contribution in [0.1, 0.15) is 76.2 Å². The second-order valence-corrected chi connectivity index (χ2v) is 9.25. The molecule has 0 heterocycles. The Hall–Kier alpha value is -2.90. The molecule has 0 bridgehead atoms. The Bertz CT molecular complexity index is 681. The van der Waals surface area contributed by atoms with Gasteiger partial charge in [-0.3, -0.25) is 33.7 Å². The van der Waals surface area contributed by atoms with Crippen molar-refractivity contribution in [2.45, 2.75) is 103 Å². The number of carbonyl (C=O) groups is 8. The van der Waals surface area contributed by atoms with E-state index in [0.717, 1.165) is 13.6 Å². The molecule has 0 aromatic rings. The summed E-state index contributed by atoms with van der Waals surface area (Å²) in [6.07, 6.45) is 0. The molecule has 0 fully saturated rings. The molecule has 244 valence electrons. The van der Waals surface area contributed by atoms with E-state index in [9.17, 15) is 55.9 Å². The van der Waals surface area contributed by atoms with E-state index in [0.29, 0.717) is 6.92 Å². The number of halogens is 4. The fraction of sp³-hybridized carbons (Fsp3) is 0.704. The topological polar surface area (TPSA) is 140 Å². The molecule has 0 aromatic heterocycles. The van der Waals surface area contributed by atoms with Crippen LogP contribution in [-0.4, -0.2) is 91.4 Å². The van der Waals surface area contributed by atoms with Crippen molar-refractivity contribution in [2.24, 2.45) is 0 Å². The summed E-state index contributed by atoms with van der Waals surface area (Å²) in [5.41, 5.74) is 0. The first-order chi connectivity index (χ1) is 18.0. The molecule has 0 aromatic carbocycles. The molecule has 0 unspecified atom stereocenters. The maximum Gasteiger partial charge on any atom is 0.302 e. The van der Waals surface area contributed by atoms with E-state index < -0.39 is 24.2 Å². The highest BCUT2D eigenvalue weighted by molar-refractivity contribution is 6.54. The zero-order valence-corrected chi connectivity index (χ0v) is 27.7. The Morgan fingerprint density at radius 2 is 0.683 bits per heavy atom. The van der Waals surface area contributed by atoms with Crippen LogP contribution in [0.4, 0.5) is 17.6 Å². The zero-order chi connectivity index (χ0) is 35.7. The third-order valence-corrected chi connectivity index (χ3v) is 2.04. The molecule has 0 rings (SSSR count). The molecule has 0 aliphatic carbocycles. The molecule has 0 spiro atoms. The van der Waals surface area contributed by atoms with Crippen LogP contribution in [0.5, 0.6) is 0 Å². The van der Waals surface area contributed by atoms with Gasteiger partial charge in [0.15, 0.2) is 34.7 Å². The molecule has 0 aliphatic heterocycles. The summed E-state index contributed by atoms with van der Waals surface area (Å²) in [5.74, 6) is -5.83. The van der Waals surface area contributed by atoms with Crippen molar-refractivity contribution in [3.05, 3.63) is 0 Å². The highest BCUT2D eigenvalue weighted by Crippen LogP contribution is 2.11. The Balaban J connectivity index is -0.0000000510. The molecule has 41 heavy (non-hydrogen) atoms. The summed E-state index contributed by atoms with van der Waals surface area (Å²) in [7, 11) is 3.36. The lowest BCUT2D eigenvalue weighted by Crippen LogP contribution is -2.20. The Labute approximate surface area is 244 Å². The standard InChI is InChI=1S/C4H6F2O.2C4H6O2.C3H9B.C3H8FN.C3H5FO.2C3H6O/c1-3(7)4(2,5)6;2*1-3(5)4(2)6;1-4(2)3;1-5(2)3-4;1-3(5)2-4;2*1-3(2)4/h1-2H3;2*1-2H3;1-3H3;3H2,1-2H3;2H2,1H3;2*1-2H3. The van der Waals surface area contributed by atoms with Gasteiger partial charge < -0.3 is 9.59 Å². The summed E-state index contributed by atoms with van der Waals surface area (Å²) in [4.78, 5) is 78.7. The smallest absolute Gasteiger partial charge is 0.300 e. The third kappa shape index (κ3) is 200. The van der Waals surface area contributed by atoms with Crippen molar-refractivity contribution < 1.29 is 55.9 Å². The lowest BCUT2D eigenvalue weighted by atomic mass is 9.58. The van der Waals surface area contributed by atoms with Crippen molar-refractivity contribution in [3.8, 4) is 0 Å². The molecule has 14 heteroatoms. The molecule has 0 radical (unpaired) electrons. The number of nitrogens with zero attached hydrogens (tertiary/aromatic N) is 1. The van der Waals surface area contributed by atoms with Gasteiger partial charge in [-0.2, -0.15) is 8.78 Å². The minimum absolute atomic E-state index is 0.167. The molecule has 0 N–H and O–H groups in total. The van der Waals surface area contributed by atoms with Gasteiger partial charge in [0.05, 0.1) is 0 Å². The predicted molar refractivity (Wildman–Crippen MR) is 156 cm³/mol. The number of rotatable bonds is 5. The summed E-state index contributed by atoms with van der Waals surface area (Å²) < 4.78 is 44.8. The van der Waals surface area contributed by atoms with Gasteiger partial charge in [0.25, 0.3) is 0 Å². The highest BCUT2D eigenvalue weighted by Gasteiger charge is 2.26. The first-order valence-corrected chi connectivity index (χ1v) is 12.1. The molecule has 0 saturated carbocycles. The molecular weight excluding hydrogens is 553 g/mol. The number of ketones is 8. The second-order valence-electron chi connectivity index (χ2n) is 9.25. The highest BCUT2D eigenvalue weighted by atomic mass is 19.3. The van der Waals surface area contributed by atoms with Crippen molar-refractivity contribution >= 4 is 53.0 Å². The van der Waals surface area contributed by atoms with Crippen LogP contribution in [0.25, 0.3) is 0 Å². The minimum atomic E-state index is -3.14. The van der Waals surface area contributed by atoms with Gasteiger partial charge in [-0.1, -0.05) is 20.5 Å². The van der Waals surface area contributed by atoms with Crippen LogP contribution < -0.4 is 0 Å². The van der Waals surface area contributed by atoms with Crippen molar-refractivity contribution in [1.29, 1.82) is 0 Å². The van der Waals surface area contributed by atoms with Crippen molar-refractivity contribution in [3.63, 3.8) is 0 Å². The summed E-state index contributed by atoms with van der Waals surface area (Å²) in [5, 5.41) is 0. The summed E-state index contributed by atoms with van der Waals surface area (Å²) in [6, 6.07) is 0. The average Bonchev–Trinajstić information content (AvgIpc) is 2.73. The Morgan fingerprint density at radius 1 is 0.585 bits per heavy atom. The fourth-order valence-corrected chi connectivity index (χ4v) is 0. The Kier molecular flexibility index (Phi) is 55.4. The third-order valence-electron chi connectivity index (χ3n) is 2.04. The molecule has 0 amide bonds. The van der Waals surface area contributed by atoms with Gasteiger partial charge in [-0.05, 0) is 48.7 Å². The van der Waals surface area contributed by atoms with Gasteiger partial charge in [0.1, 0.15) is 31.8 Å². The normalized spacial score (nSPS) is 8.22. The fourth-order valence-electron chi connectivity index (χ4n) is 0. The second kappa shape index (κ2) is 39.2. The molecule has 0 atom stereocenters. The quantitative estimate of drug-likeness (QED) is 0.180. The van der Waals surface area contributed by atoms with E-state index in [4.69, 9.17) is 0 Å². The van der Waals surface area contributed by atoms with E-state index in [2.05, 4.69) is 20.5 Å². The SMILES string of the molecule is CB(C)C.CC(=O)C(C)(F)F.CC(=O)C(C)=O.CC(=O)C(C)=O.CC(=O)CF.CC(C)=O.CC(C)=O.CN(C)CF. The number of carbonyl (C=O) groups excluding carboxylic acids is 8. The number of alkyl halides is 4. The monoisotopic (exact) mass is 605 g/mol. The van der Waals surface area contributed by atoms with Crippen LogP contribution in [0.2, 0.25) is 20.5 Å². The average molecular weight is 606 g/mol. The molecule has 0 aliphatic rings. The van der Waals surface area contributed by atoms with Gasteiger partial charge >= 0.3 is 5.92 Å². The maximum absolute atomic E-state index is 11.5. The number of hydrogen-bond acceptors (Lipinski definition) is 9. The van der Waals surface area contributed by atoms with E-state index >= 15 is 0 Å². The van der Waals surface area contributed by atoms with Crippen LogP contribution in [0, 0.1) is 0 Å². The van der Waals surface area contributed by atoms with Crippen molar-refractivity contribution in [1.82, 2.24) is 4.90 Å². The lowest BCUT2D eigenvalue weighted by molar-refractivity contribution is -0.138. The lowest BCUT2D eigenvalue weighted by Gasteiger charge is -2.01. The van der Waals surface area contributed by atoms with Crippen LogP contribution in [-0.2, 0) is 38.4 Å². The molecule has 0 saturated heterocycles. The molecule has 9 nitrogen and oxygen atoms in total. The summed E-state index contributed by atoms with van der Waals surface area (Å²) in [6.45, 7) is 19.9. The predicted octanol–water partition coefficient (Wildman–Crippen LogP) is 5.14. The van der Waals surface area contributed by atoms with Crippen LogP contribution in [0.3, 0.4) is 0 Å². The van der Waals surface area contributed by atoms with Gasteiger partial charge in [-0.25, -0.2) is 8.78 Å². The zero-order valence-electron chi connectivity index (χ0n) is 27.7. The van der Waals surface area contributed by atoms with Gasteiger partial charge in [-0.15, -0.1) is 0 Å². The minimum Gasteiger partial charge on any atom is -0.300 e. The van der Waals surface area contributed by atoms with E-state index in [1.807, 2.05) is 0 Å². The maximum atomic E-state index is 11.5. The van der Waals surface area contributed by atoms with E-state index in [-0.39, 0.29) is 41.5 Å². The Morgan fingerprint density at radius 3 is 0.683 bits per heavy atom. The van der Waals surface area contributed by atoms with Crippen LogP contribution >= 0.6 is 0 Å².